The molecule has 0 bridgehead atoms. The summed E-state index contributed by atoms with van der Waals surface area (Å²) in [5.41, 5.74) is 6.00. The Morgan fingerprint density at radius 3 is 2.71 bits per heavy atom. The summed E-state index contributed by atoms with van der Waals surface area (Å²) in [5.74, 6) is -0.331. The molecule has 0 saturated carbocycles. The lowest BCUT2D eigenvalue weighted by molar-refractivity contribution is 0.316. The molecule has 1 rings (SSSR count). The van der Waals surface area contributed by atoms with Gasteiger partial charge in [-0.2, -0.15) is 0 Å². The predicted molar refractivity (Wildman–Crippen MR) is 56.4 cm³/mol. The molecule has 4 heteroatoms. The summed E-state index contributed by atoms with van der Waals surface area (Å²) in [4.78, 5) is 0. The first kappa shape index (κ1) is 11.6. The van der Waals surface area contributed by atoms with E-state index in [0.717, 1.165) is 5.56 Å². The van der Waals surface area contributed by atoms with Crippen molar-refractivity contribution in [2.75, 3.05) is 6.54 Å². The van der Waals surface area contributed by atoms with Crippen LogP contribution in [0.15, 0.2) is 22.7 Å². The number of halogens is 3. The van der Waals surface area contributed by atoms with Gasteiger partial charge >= 0.3 is 0 Å². The van der Waals surface area contributed by atoms with Gasteiger partial charge in [-0.3, -0.25) is 0 Å². The van der Waals surface area contributed by atoms with Crippen LogP contribution in [-0.4, -0.2) is 12.7 Å². The van der Waals surface area contributed by atoms with E-state index in [4.69, 9.17) is 5.73 Å². The summed E-state index contributed by atoms with van der Waals surface area (Å²) < 4.78 is 26.3. The first-order chi connectivity index (χ1) is 6.63. The maximum Gasteiger partial charge on any atom is 0.137 e. The molecule has 1 aromatic rings. The average molecular weight is 264 g/mol. The van der Waals surface area contributed by atoms with Crippen molar-refractivity contribution in [3.63, 3.8) is 0 Å². The van der Waals surface area contributed by atoms with Crippen molar-refractivity contribution in [3.8, 4) is 0 Å². The van der Waals surface area contributed by atoms with Crippen LogP contribution in [0.1, 0.15) is 12.0 Å². The molecule has 0 saturated heterocycles. The van der Waals surface area contributed by atoms with Gasteiger partial charge in [0.25, 0.3) is 0 Å². The van der Waals surface area contributed by atoms with Crippen molar-refractivity contribution >= 4 is 15.9 Å². The van der Waals surface area contributed by atoms with Gasteiger partial charge in [0.2, 0.25) is 0 Å². The van der Waals surface area contributed by atoms with E-state index in [1.807, 2.05) is 0 Å². The van der Waals surface area contributed by atoms with Crippen LogP contribution in [0.25, 0.3) is 0 Å². The maximum atomic E-state index is 13.1. The van der Waals surface area contributed by atoms with Crippen molar-refractivity contribution in [2.45, 2.75) is 19.0 Å². The lowest BCUT2D eigenvalue weighted by Gasteiger charge is -2.07. The highest BCUT2D eigenvalue weighted by atomic mass is 79.9. The smallest absolute Gasteiger partial charge is 0.137 e. The van der Waals surface area contributed by atoms with Crippen LogP contribution in [0.4, 0.5) is 8.78 Å². The molecule has 0 aromatic heterocycles. The van der Waals surface area contributed by atoms with E-state index in [0.29, 0.717) is 17.4 Å². The fourth-order valence-corrected chi connectivity index (χ4v) is 1.63. The largest absolute Gasteiger partial charge is 0.330 e. The van der Waals surface area contributed by atoms with Crippen molar-refractivity contribution in [2.24, 2.45) is 5.73 Å². The molecular weight excluding hydrogens is 252 g/mol. The fourth-order valence-electron chi connectivity index (χ4n) is 1.21. The standard InChI is InChI=1S/C10H12BrF2N/c11-9-6-7(1-2-10(9)13)5-8(12)3-4-14/h1-2,6,8H,3-5,14H2. The predicted octanol–water partition coefficient (Wildman–Crippen LogP) is 2.82. The lowest BCUT2D eigenvalue weighted by Crippen LogP contribution is -2.11. The molecule has 0 radical (unpaired) electrons. The number of hydrogen-bond donors (Lipinski definition) is 1. The van der Waals surface area contributed by atoms with E-state index >= 15 is 0 Å². The third-order valence-corrected chi connectivity index (χ3v) is 2.53. The molecule has 0 aliphatic rings. The Morgan fingerprint density at radius 1 is 1.43 bits per heavy atom. The van der Waals surface area contributed by atoms with E-state index in [2.05, 4.69) is 15.9 Å². The minimum atomic E-state index is -0.947. The van der Waals surface area contributed by atoms with Crippen LogP contribution in [0, 0.1) is 5.82 Å². The highest BCUT2D eigenvalue weighted by molar-refractivity contribution is 9.10. The molecule has 1 unspecified atom stereocenters. The first-order valence-corrected chi connectivity index (χ1v) is 5.21. The molecule has 2 N–H and O–H groups in total. The van der Waals surface area contributed by atoms with Gasteiger partial charge in [0.05, 0.1) is 4.47 Å². The highest BCUT2D eigenvalue weighted by Crippen LogP contribution is 2.18. The zero-order valence-electron chi connectivity index (χ0n) is 7.64. The van der Waals surface area contributed by atoms with Gasteiger partial charge in [-0.25, -0.2) is 8.78 Å². The van der Waals surface area contributed by atoms with Gasteiger partial charge in [0.1, 0.15) is 12.0 Å². The van der Waals surface area contributed by atoms with Crippen LogP contribution in [0.2, 0.25) is 0 Å². The molecule has 1 aromatic carbocycles. The minimum absolute atomic E-state index is 0.288. The average Bonchev–Trinajstić information content (AvgIpc) is 2.12. The number of hydrogen-bond acceptors (Lipinski definition) is 1. The van der Waals surface area contributed by atoms with Crippen LogP contribution in [0.3, 0.4) is 0 Å². The van der Waals surface area contributed by atoms with E-state index in [-0.39, 0.29) is 12.2 Å². The van der Waals surface area contributed by atoms with Crippen LogP contribution >= 0.6 is 15.9 Å². The van der Waals surface area contributed by atoms with E-state index < -0.39 is 6.17 Å². The van der Waals surface area contributed by atoms with E-state index in [1.165, 1.54) is 6.07 Å². The summed E-state index contributed by atoms with van der Waals surface area (Å²) in [6, 6.07) is 4.51. The summed E-state index contributed by atoms with van der Waals surface area (Å²) in [5, 5.41) is 0. The summed E-state index contributed by atoms with van der Waals surface area (Å²) in [6.07, 6.45) is -0.317. The van der Waals surface area contributed by atoms with Crippen molar-refractivity contribution in [1.29, 1.82) is 0 Å². The summed E-state index contributed by atoms with van der Waals surface area (Å²) in [7, 11) is 0. The Morgan fingerprint density at radius 2 is 2.14 bits per heavy atom. The Labute approximate surface area is 90.4 Å². The van der Waals surface area contributed by atoms with Crippen LogP contribution in [-0.2, 0) is 6.42 Å². The molecule has 0 spiro atoms. The molecule has 0 fully saturated rings. The molecule has 1 nitrogen and oxygen atoms in total. The van der Waals surface area contributed by atoms with E-state index in [1.54, 1.807) is 12.1 Å². The van der Waals surface area contributed by atoms with Gasteiger partial charge in [-0.05, 0) is 46.6 Å². The number of nitrogens with two attached hydrogens (primary N) is 1. The molecular formula is C10H12BrF2N. The van der Waals surface area contributed by atoms with Gasteiger partial charge in [-0.1, -0.05) is 6.07 Å². The monoisotopic (exact) mass is 263 g/mol. The van der Waals surface area contributed by atoms with Crippen LogP contribution < -0.4 is 5.73 Å². The van der Waals surface area contributed by atoms with Crippen molar-refractivity contribution < 1.29 is 8.78 Å². The normalized spacial score (nSPS) is 12.9. The van der Waals surface area contributed by atoms with Gasteiger partial charge in [0, 0.05) is 6.42 Å². The number of rotatable bonds is 4. The first-order valence-electron chi connectivity index (χ1n) is 4.41. The Bertz CT molecular complexity index is 304. The minimum Gasteiger partial charge on any atom is -0.330 e. The second kappa shape index (κ2) is 5.41. The van der Waals surface area contributed by atoms with E-state index in [9.17, 15) is 8.78 Å². The van der Waals surface area contributed by atoms with Gasteiger partial charge in [0.15, 0.2) is 0 Å². The maximum absolute atomic E-state index is 13.1. The Kier molecular flexibility index (Phi) is 4.48. The third-order valence-electron chi connectivity index (χ3n) is 1.92. The molecule has 0 aliphatic carbocycles. The summed E-state index contributed by atoms with van der Waals surface area (Å²) >= 11 is 3.05. The molecule has 0 aliphatic heterocycles. The van der Waals surface area contributed by atoms with Crippen molar-refractivity contribution in [1.82, 2.24) is 0 Å². The zero-order valence-corrected chi connectivity index (χ0v) is 9.23. The number of alkyl halides is 1. The fraction of sp³-hybridized carbons (Fsp3) is 0.400. The zero-order chi connectivity index (χ0) is 10.6. The topological polar surface area (TPSA) is 26.0 Å². The summed E-state index contributed by atoms with van der Waals surface area (Å²) in [6.45, 7) is 0.337. The SMILES string of the molecule is NCCC(F)Cc1ccc(F)c(Br)c1. The Hall–Kier alpha value is -0.480. The van der Waals surface area contributed by atoms with Gasteiger partial charge in [-0.15, -0.1) is 0 Å². The molecule has 14 heavy (non-hydrogen) atoms. The molecule has 0 heterocycles. The second-order valence-corrected chi connectivity index (χ2v) is 3.98. The van der Waals surface area contributed by atoms with Crippen LogP contribution in [0.5, 0.6) is 0 Å². The lowest BCUT2D eigenvalue weighted by atomic mass is 10.1. The highest BCUT2D eigenvalue weighted by Gasteiger charge is 2.08. The Balaban J connectivity index is 2.63. The van der Waals surface area contributed by atoms with Gasteiger partial charge < -0.3 is 5.73 Å². The third kappa shape index (κ3) is 3.35. The quantitative estimate of drug-likeness (QED) is 0.889. The second-order valence-electron chi connectivity index (χ2n) is 3.13. The molecule has 0 amide bonds. The number of benzene rings is 1. The molecule has 1 atom stereocenters. The molecule has 78 valence electrons. The van der Waals surface area contributed by atoms with Crippen molar-refractivity contribution in [3.05, 3.63) is 34.1 Å².